The maximum absolute atomic E-state index is 7.90. The van der Waals surface area contributed by atoms with Gasteiger partial charge in [-0.1, -0.05) is 0 Å². The Hall–Kier alpha value is -1.70. The van der Waals surface area contributed by atoms with Crippen LogP contribution in [0.4, 0.5) is 0 Å². The standard InChI is InChI=1S/C23H27.C12H9Si.2ClH.Zr/c1-4-6-10-19-13-14-20-15-21(17(3)5-2)16-22(20)23(19)18-11-8-7-9-12-18;1-3-7-11-9(5-1)10-6-2-4-8-12(10)13-11;;;/h7-9,11-17H,4-6,10H2,1-3H3;1-7H,13H2;2*1H;/q;;;;+2/p-2. The van der Waals surface area contributed by atoms with Crippen molar-refractivity contribution in [2.24, 2.45) is 5.92 Å². The Kier molecular flexibility index (Phi) is 7.95. The molecule has 0 N–H and O–H groups in total. The second kappa shape index (κ2) is 11.3. The van der Waals surface area contributed by atoms with Crippen LogP contribution < -0.4 is 13.6 Å². The van der Waals surface area contributed by atoms with Gasteiger partial charge in [-0.15, -0.1) is 0 Å². The molecule has 1 heterocycles. The molecule has 2 unspecified atom stereocenters. The molecular formula is C35H36Cl2SiZr. The summed E-state index contributed by atoms with van der Waals surface area (Å²) in [5, 5.41) is 3.02. The predicted molar refractivity (Wildman–Crippen MR) is 172 cm³/mol. The summed E-state index contributed by atoms with van der Waals surface area (Å²) in [7, 11) is 15.2. The zero-order chi connectivity index (χ0) is 27.1. The van der Waals surface area contributed by atoms with E-state index in [9.17, 15) is 0 Å². The molecule has 0 spiro atoms. The van der Waals surface area contributed by atoms with Crippen LogP contribution in [0.2, 0.25) is 0 Å². The summed E-state index contributed by atoms with van der Waals surface area (Å²) >= 11 is -3.98. The minimum atomic E-state index is -3.98. The molecule has 0 nitrogen and oxygen atoms in total. The van der Waals surface area contributed by atoms with Crippen molar-refractivity contribution in [1.82, 2.24) is 0 Å². The Morgan fingerprint density at radius 2 is 1.59 bits per heavy atom. The van der Waals surface area contributed by atoms with Gasteiger partial charge in [-0.2, -0.15) is 0 Å². The van der Waals surface area contributed by atoms with Crippen molar-refractivity contribution in [3.8, 4) is 22.3 Å². The second-order valence-corrected chi connectivity index (χ2v) is 27.1. The number of rotatable bonds is 8. The minimum absolute atomic E-state index is 0.125. The monoisotopic (exact) mass is 644 g/mol. The Labute approximate surface area is 247 Å². The van der Waals surface area contributed by atoms with E-state index in [4.69, 9.17) is 17.0 Å². The molecule has 39 heavy (non-hydrogen) atoms. The van der Waals surface area contributed by atoms with Crippen molar-refractivity contribution in [3.63, 3.8) is 0 Å². The van der Waals surface area contributed by atoms with E-state index in [-0.39, 0.29) is 3.63 Å². The van der Waals surface area contributed by atoms with Crippen LogP contribution >= 0.6 is 17.0 Å². The summed E-state index contributed by atoms with van der Waals surface area (Å²) in [6.07, 6.45) is 7.06. The zero-order valence-corrected chi connectivity index (χ0v) is 28.5. The third kappa shape index (κ3) is 4.80. The normalized spacial score (nSPS) is 17.1. The number of hydrogen-bond acceptors (Lipinski definition) is 0. The average Bonchev–Trinajstić information content (AvgIpc) is 3.55. The summed E-state index contributed by atoms with van der Waals surface area (Å²) in [4.78, 5) is 0. The van der Waals surface area contributed by atoms with Crippen LogP contribution in [-0.2, 0) is 24.3 Å². The van der Waals surface area contributed by atoms with E-state index in [1.54, 1.807) is 0 Å². The molecule has 4 aromatic carbocycles. The van der Waals surface area contributed by atoms with Crippen molar-refractivity contribution < 1.29 is 17.9 Å². The Morgan fingerprint density at radius 3 is 2.36 bits per heavy atom. The van der Waals surface area contributed by atoms with Crippen molar-refractivity contribution >= 4 is 46.3 Å². The first-order valence-electron chi connectivity index (χ1n) is 14.5. The number of hydrogen-bond donors (Lipinski definition) is 0. The SMILES string of the molecule is CCCCc1ccc2c(c1-c1ccccc1)C=C(C(C)CC)[CH]2[Zr]([Cl])([Cl])[c]1cccc2c1[SiH2]c1ccccc1-2. The number of benzene rings is 4. The Morgan fingerprint density at radius 1 is 0.846 bits per heavy atom. The fourth-order valence-electron chi connectivity index (χ4n) is 6.73. The van der Waals surface area contributed by atoms with Crippen LogP contribution in [0, 0.1) is 5.92 Å². The summed E-state index contributed by atoms with van der Waals surface area (Å²) in [5.74, 6) is 0.435. The molecule has 2 atom stereocenters. The van der Waals surface area contributed by atoms with E-state index in [0.717, 1.165) is 12.8 Å². The fraction of sp³-hybridized carbons (Fsp3) is 0.257. The summed E-state index contributed by atoms with van der Waals surface area (Å²) in [5.41, 5.74) is 11.1. The zero-order valence-electron chi connectivity index (χ0n) is 23.1. The van der Waals surface area contributed by atoms with Crippen molar-refractivity contribution in [2.75, 3.05) is 0 Å². The number of unbranched alkanes of at least 4 members (excludes halogenated alkanes) is 1. The molecule has 0 aromatic heterocycles. The molecule has 4 aromatic rings. The van der Waals surface area contributed by atoms with Crippen molar-refractivity contribution in [3.05, 3.63) is 107 Å². The van der Waals surface area contributed by atoms with E-state index < -0.39 is 27.4 Å². The van der Waals surface area contributed by atoms with Gasteiger partial charge in [0.15, 0.2) is 0 Å². The fourth-order valence-corrected chi connectivity index (χ4v) is 23.7. The first-order valence-corrected chi connectivity index (χ1v) is 24.9. The van der Waals surface area contributed by atoms with Gasteiger partial charge in [0.2, 0.25) is 0 Å². The van der Waals surface area contributed by atoms with Crippen LogP contribution in [0.1, 0.15) is 60.3 Å². The maximum atomic E-state index is 7.90. The van der Waals surface area contributed by atoms with E-state index in [1.165, 1.54) is 71.0 Å². The van der Waals surface area contributed by atoms with Gasteiger partial charge in [-0.25, -0.2) is 0 Å². The van der Waals surface area contributed by atoms with Gasteiger partial charge in [0.1, 0.15) is 0 Å². The van der Waals surface area contributed by atoms with E-state index >= 15 is 0 Å². The van der Waals surface area contributed by atoms with Crippen LogP contribution in [0.15, 0.2) is 90.5 Å². The molecule has 0 amide bonds. The topological polar surface area (TPSA) is 0 Å². The number of fused-ring (bicyclic) bond motifs is 4. The molecule has 0 saturated heterocycles. The molecule has 0 saturated carbocycles. The average molecular weight is 647 g/mol. The number of halogens is 2. The first kappa shape index (κ1) is 27.5. The summed E-state index contributed by atoms with van der Waals surface area (Å²) < 4.78 is 1.44. The molecule has 0 radical (unpaired) electrons. The van der Waals surface area contributed by atoms with Crippen LogP contribution in [0.25, 0.3) is 28.3 Å². The third-order valence-electron chi connectivity index (χ3n) is 8.94. The van der Waals surface area contributed by atoms with E-state index in [2.05, 4.69) is 112 Å². The van der Waals surface area contributed by atoms with Gasteiger partial charge >= 0.3 is 250 Å². The molecular weight excluding hydrogens is 611 g/mol. The molecule has 198 valence electrons. The van der Waals surface area contributed by atoms with Crippen molar-refractivity contribution in [2.45, 2.75) is 50.1 Å². The molecule has 1 aliphatic heterocycles. The number of aryl methyl sites for hydroxylation is 1. The molecule has 0 fully saturated rings. The van der Waals surface area contributed by atoms with Gasteiger partial charge in [0.05, 0.1) is 0 Å². The number of allylic oxidation sites excluding steroid dienone is 1. The first-order chi connectivity index (χ1) is 19.0. The Balaban J connectivity index is 1.54. The van der Waals surface area contributed by atoms with Gasteiger partial charge in [0.25, 0.3) is 0 Å². The van der Waals surface area contributed by atoms with Gasteiger partial charge in [-0.05, 0) is 0 Å². The van der Waals surface area contributed by atoms with E-state index in [1.807, 2.05) is 0 Å². The molecule has 6 rings (SSSR count). The summed E-state index contributed by atoms with van der Waals surface area (Å²) in [6, 6.07) is 31.4. The third-order valence-corrected chi connectivity index (χ3v) is 23.2. The van der Waals surface area contributed by atoms with Gasteiger partial charge in [0, 0.05) is 0 Å². The molecule has 2 aliphatic rings. The van der Waals surface area contributed by atoms with E-state index in [0.29, 0.717) is 5.92 Å². The van der Waals surface area contributed by atoms with Crippen LogP contribution in [0.3, 0.4) is 0 Å². The quantitative estimate of drug-likeness (QED) is 0.150. The van der Waals surface area contributed by atoms with Crippen LogP contribution in [-0.4, -0.2) is 9.52 Å². The second-order valence-electron chi connectivity index (χ2n) is 11.2. The van der Waals surface area contributed by atoms with Crippen LogP contribution in [0.5, 0.6) is 0 Å². The van der Waals surface area contributed by atoms with Crippen molar-refractivity contribution in [1.29, 1.82) is 0 Å². The molecule has 0 bridgehead atoms. The van der Waals surface area contributed by atoms with Gasteiger partial charge < -0.3 is 0 Å². The predicted octanol–water partition coefficient (Wildman–Crippen LogP) is 8.07. The molecule has 1 aliphatic carbocycles. The summed E-state index contributed by atoms with van der Waals surface area (Å²) in [6.45, 7) is 6.93. The molecule has 4 heteroatoms. The Bertz CT molecular complexity index is 1560. The van der Waals surface area contributed by atoms with Gasteiger partial charge in [-0.3, -0.25) is 0 Å².